The number of imidazole rings is 1. The number of fused-ring (bicyclic) bond motifs is 1. The van der Waals surface area contributed by atoms with E-state index in [2.05, 4.69) is 15.0 Å². The van der Waals surface area contributed by atoms with Crippen molar-refractivity contribution < 1.29 is 28.9 Å². The number of hydrogen-bond donors (Lipinski definition) is 3. The summed E-state index contributed by atoms with van der Waals surface area (Å²) < 4.78 is 17.8. The Balaban J connectivity index is 2.08. The summed E-state index contributed by atoms with van der Waals surface area (Å²) in [6.07, 6.45) is -3.42. The summed E-state index contributed by atoms with van der Waals surface area (Å²) in [7, 11) is 0. The number of hydrogen-bond acceptors (Lipinski definition) is 10. The average Bonchev–Trinajstić information content (AvgIpc) is 3.27. The molecule has 12 nitrogen and oxygen atoms in total. The molecule has 1 aliphatic rings. The second kappa shape index (κ2) is 8.40. The van der Waals surface area contributed by atoms with Gasteiger partial charge in [-0.15, -0.1) is 0 Å². The normalized spacial score (nSPS) is 24.0. The first-order chi connectivity index (χ1) is 14.1. The van der Waals surface area contributed by atoms with Gasteiger partial charge in [-0.1, -0.05) is 27.7 Å². The molecule has 2 aromatic rings. The second-order valence-corrected chi connectivity index (χ2v) is 7.61. The van der Waals surface area contributed by atoms with E-state index >= 15 is 0 Å². The number of carbonyl (C=O) groups is 2. The molecule has 1 fully saturated rings. The van der Waals surface area contributed by atoms with Crippen LogP contribution in [-0.2, 0) is 23.8 Å². The minimum Gasteiger partial charge on any atom is -0.455 e. The van der Waals surface area contributed by atoms with Crippen LogP contribution in [-0.4, -0.2) is 61.5 Å². The average molecular weight is 423 g/mol. The lowest BCUT2D eigenvalue weighted by atomic mass is 10.1. The molecule has 0 saturated carbocycles. The molecule has 3 heterocycles. The number of aliphatic hydroxyl groups excluding tert-OH is 1. The third-order valence-corrected chi connectivity index (χ3v) is 4.69. The minimum absolute atomic E-state index is 0.0740. The van der Waals surface area contributed by atoms with E-state index in [0.29, 0.717) is 0 Å². The van der Waals surface area contributed by atoms with Crippen LogP contribution in [0.25, 0.3) is 11.2 Å². The number of aromatic amines is 1. The van der Waals surface area contributed by atoms with Gasteiger partial charge in [0.15, 0.2) is 29.6 Å². The SMILES string of the molecule is CC(C)C(=O)O[C@H]1[C@H](OC(=O)C(C)C)C(n2c(N)nc3nc[nH]c3c2=O)O[C@@H]1CO. The standard InChI is InChI=1S/C18H25N5O7/c1-7(2)16(26)29-11-9(5-24)28-15(12(11)30-17(27)8(3)4)23-14(25)10-13(21-6-20-10)22-18(23)19/h6-9,11-12,15,24H,5H2,1-4H3,(H2,19,22)(H,20,21)/t9-,11-,12+,15?/m1/s1. The molecule has 2 aromatic heterocycles. The molecule has 0 aromatic carbocycles. The number of anilines is 1. The number of carbonyl (C=O) groups excluding carboxylic acids is 2. The van der Waals surface area contributed by atoms with E-state index in [9.17, 15) is 19.5 Å². The lowest BCUT2D eigenvalue weighted by molar-refractivity contribution is -0.172. The third-order valence-electron chi connectivity index (χ3n) is 4.69. The van der Waals surface area contributed by atoms with Crippen LogP contribution in [0, 0.1) is 11.8 Å². The summed E-state index contributed by atoms with van der Waals surface area (Å²) >= 11 is 0. The highest BCUT2D eigenvalue weighted by Crippen LogP contribution is 2.35. The van der Waals surface area contributed by atoms with Gasteiger partial charge in [0.05, 0.1) is 24.8 Å². The number of rotatable bonds is 6. The number of nitrogens with zero attached hydrogens (tertiary/aromatic N) is 3. The number of H-pyrrole nitrogens is 1. The van der Waals surface area contributed by atoms with Gasteiger partial charge in [0, 0.05) is 0 Å². The fourth-order valence-electron chi connectivity index (χ4n) is 3.03. The maximum absolute atomic E-state index is 13.0. The highest BCUT2D eigenvalue weighted by molar-refractivity contribution is 5.73. The zero-order chi connectivity index (χ0) is 22.2. The number of nitrogens with one attached hydrogen (secondary N) is 1. The van der Waals surface area contributed by atoms with Gasteiger partial charge in [-0.25, -0.2) is 9.55 Å². The van der Waals surface area contributed by atoms with Crippen molar-refractivity contribution in [1.29, 1.82) is 0 Å². The summed E-state index contributed by atoms with van der Waals surface area (Å²) in [5.74, 6) is -2.37. The Kier molecular flexibility index (Phi) is 6.08. The Morgan fingerprint density at radius 3 is 2.40 bits per heavy atom. The van der Waals surface area contributed by atoms with E-state index < -0.39 is 60.5 Å². The van der Waals surface area contributed by atoms with Crippen molar-refractivity contribution in [2.45, 2.75) is 52.2 Å². The molecule has 0 spiro atoms. The second-order valence-electron chi connectivity index (χ2n) is 7.61. The first-order valence-corrected chi connectivity index (χ1v) is 9.54. The summed E-state index contributed by atoms with van der Waals surface area (Å²) in [5.41, 5.74) is 5.54. The van der Waals surface area contributed by atoms with Crippen LogP contribution in [0.15, 0.2) is 11.1 Å². The Morgan fingerprint density at radius 1 is 1.23 bits per heavy atom. The minimum atomic E-state index is -1.28. The van der Waals surface area contributed by atoms with Crippen LogP contribution in [0.1, 0.15) is 33.9 Å². The summed E-state index contributed by atoms with van der Waals surface area (Å²) in [6, 6.07) is 0. The molecule has 0 amide bonds. The summed E-state index contributed by atoms with van der Waals surface area (Å²) in [6.45, 7) is 5.99. The molecular weight excluding hydrogens is 398 g/mol. The van der Waals surface area contributed by atoms with Crippen LogP contribution in [0.4, 0.5) is 5.95 Å². The van der Waals surface area contributed by atoms with E-state index in [1.54, 1.807) is 27.7 Å². The summed E-state index contributed by atoms with van der Waals surface area (Å²) in [5, 5.41) is 9.78. The van der Waals surface area contributed by atoms with E-state index in [1.165, 1.54) is 6.33 Å². The summed E-state index contributed by atoms with van der Waals surface area (Å²) in [4.78, 5) is 48.2. The zero-order valence-corrected chi connectivity index (χ0v) is 17.1. The maximum Gasteiger partial charge on any atom is 0.308 e. The number of aliphatic hydroxyl groups is 1. The van der Waals surface area contributed by atoms with Gasteiger partial charge in [0.25, 0.3) is 5.56 Å². The lowest BCUT2D eigenvalue weighted by Gasteiger charge is -2.26. The Hall–Kier alpha value is -2.99. The van der Waals surface area contributed by atoms with Gasteiger partial charge < -0.3 is 30.0 Å². The fraction of sp³-hybridized carbons (Fsp3) is 0.611. The molecule has 164 valence electrons. The van der Waals surface area contributed by atoms with Crippen molar-refractivity contribution in [2.75, 3.05) is 12.3 Å². The van der Waals surface area contributed by atoms with Crippen LogP contribution >= 0.6 is 0 Å². The monoisotopic (exact) mass is 423 g/mol. The number of nitrogens with two attached hydrogens (primary N) is 1. The van der Waals surface area contributed by atoms with Crippen LogP contribution in [0.2, 0.25) is 0 Å². The van der Waals surface area contributed by atoms with Crippen molar-refractivity contribution in [3.63, 3.8) is 0 Å². The number of ether oxygens (including phenoxy) is 3. The molecule has 0 bridgehead atoms. The Bertz CT molecular complexity index is 998. The number of esters is 2. The van der Waals surface area contributed by atoms with Crippen LogP contribution in [0.5, 0.6) is 0 Å². The van der Waals surface area contributed by atoms with E-state index in [1.807, 2.05) is 0 Å². The van der Waals surface area contributed by atoms with Crippen molar-refractivity contribution in [3.05, 3.63) is 16.7 Å². The highest BCUT2D eigenvalue weighted by atomic mass is 16.6. The molecule has 1 aliphatic heterocycles. The third kappa shape index (κ3) is 3.87. The van der Waals surface area contributed by atoms with Gasteiger partial charge in [0.1, 0.15) is 6.10 Å². The van der Waals surface area contributed by atoms with Gasteiger partial charge in [-0.2, -0.15) is 4.98 Å². The molecule has 0 aliphatic carbocycles. The number of aromatic nitrogens is 4. The van der Waals surface area contributed by atoms with Gasteiger partial charge >= 0.3 is 11.9 Å². The van der Waals surface area contributed by atoms with Crippen molar-refractivity contribution >= 4 is 29.1 Å². The van der Waals surface area contributed by atoms with Crippen LogP contribution < -0.4 is 11.3 Å². The topological polar surface area (TPSA) is 172 Å². The molecule has 12 heteroatoms. The first kappa shape index (κ1) is 21.7. The van der Waals surface area contributed by atoms with Gasteiger partial charge in [-0.05, 0) is 0 Å². The van der Waals surface area contributed by atoms with E-state index in [4.69, 9.17) is 19.9 Å². The van der Waals surface area contributed by atoms with Crippen LogP contribution in [0.3, 0.4) is 0 Å². The molecule has 1 saturated heterocycles. The van der Waals surface area contributed by atoms with Gasteiger partial charge in [0.2, 0.25) is 5.95 Å². The van der Waals surface area contributed by atoms with E-state index in [-0.39, 0.29) is 17.1 Å². The first-order valence-electron chi connectivity index (χ1n) is 9.54. The largest absolute Gasteiger partial charge is 0.455 e. The zero-order valence-electron chi connectivity index (χ0n) is 17.1. The molecule has 30 heavy (non-hydrogen) atoms. The Morgan fingerprint density at radius 2 is 1.83 bits per heavy atom. The van der Waals surface area contributed by atoms with Crippen molar-refractivity contribution in [1.82, 2.24) is 19.5 Å². The Labute approximate surface area is 171 Å². The maximum atomic E-state index is 13.0. The molecule has 0 radical (unpaired) electrons. The molecular formula is C18H25N5O7. The predicted octanol–water partition coefficient (Wildman–Crippen LogP) is -0.273. The quantitative estimate of drug-likeness (QED) is 0.525. The van der Waals surface area contributed by atoms with Crippen molar-refractivity contribution in [2.24, 2.45) is 11.8 Å². The highest BCUT2D eigenvalue weighted by Gasteiger charge is 2.51. The molecule has 4 atom stereocenters. The number of nitrogen functional groups attached to an aromatic ring is 1. The molecule has 3 rings (SSSR count). The molecule has 1 unspecified atom stereocenters. The predicted molar refractivity (Wildman–Crippen MR) is 103 cm³/mol. The van der Waals surface area contributed by atoms with Gasteiger partial charge in [-0.3, -0.25) is 14.4 Å². The molecule has 4 N–H and O–H groups in total. The smallest absolute Gasteiger partial charge is 0.308 e. The lowest BCUT2D eigenvalue weighted by Crippen LogP contribution is -2.43. The van der Waals surface area contributed by atoms with Crippen molar-refractivity contribution in [3.8, 4) is 0 Å². The fourth-order valence-corrected chi connectivity index (χ4v) is 3.03. The van der Waals surface area contributed by atoms with E-state index in [0.717, 1.165) is 4.57 Å².